The monoisotopic (exact) mass is 617 g/mol. The second kappa shape index (κ2) is 13.8. The van der Waals surface area contributed by atoms with Gasteiger partial charge in [0.2, 0.25) is 0 Å². The molecule has 2 aliphatic heterocycles. The summed E-state index contributed by atoms with van der Waals surface area (Å²) < 4.78 is 3.42. The van der Waals surface area contributed by atoms with Crippen LogP contribution in [0.3, 0.4) is 0 Å². The third-order valence-corrected chi connectivity index (χ3v) is 13.0. The van der Waals surface area contributed by atoms with Gasteiger partial charge in [0.25, 0.3) is 0 Å². The van der Waals surface area contributed by atoms with Gasteiger partial charge in [-0.2, -0.15) is 0 Å². The fourth-order valence-corrected chi connectivity index (χ4v) is 10.9. The Morgan fingerprint density at radius 3 is 1.67 bits per heavy atom. The third-order valence-electron chi connectivity index (χ3n) is 6.64. The van der Waals surface area contributed by atoms with Crippen LogP contribution < -0.4 is 14.7 Å². The second-order valence-electron chi connectivity index (χ2n) is 9.17. The number of hydrogen-bond donors (Lipinski definition) is 4. The van der Waals surface area contributed by atoms with Crippen LogP contribution in [0.1, 0.15) is 38.5 Å². The maximum atomic E-state index is 9.66. The van der Waals surface area contributed by atoms with E-state index in [0.717, 1.165) is 46.5 Å². The molecular formula is C24H40IN7O4. The summed E-state index contributed by atoms with van der Waals surface area (Å²) in [5.74, 6) is 1.81. The first-order valence-electron chi connectivity index (χ1n) is 13.1. The Balaban J connectivity index is 1.94. The average Bonchev–Trinajstić information content (AvgIpc) is 2.92. The van der Waals surface area contributed by atoms with E-state index in [4.69, 9.17) is 19.9 Å². The normalized spacial score (nSPS) is 17.6. The van der Waals surface area contributed by atoms with Crippen LogP contribution in [-0.4, -0.2) is 115 Å². The molecule has 2 aromatic heterocycles. The fraction of sp³-hybridized carbons (Fsp3) is 0.750. The Labute approximate surface area is 220 Å². The number of nitrogens with zero attached hydrogens (tertiary/aromatic N) is 7. The molecule has 0 unspecified atom stereocenters. The molecule has 36 heavy (non-hydrogen) atoms. The standard InChI is InChI=1S/C24H40IN7O4/c33-15-11-31(12-16-34)23-27-20-19(21(28-23)25-7-3-1-4-8-25)26-24(32(13-17-35)14-18-36)29-22(20)30-9-5-2-6-10-30/h33-36H,1-18H2. The van der Waals surface area contributed by atoms with E-state index in [1.165, 1.54) is 34.5 Å². The van der Waals surface area contributed by atoms with Crippen molar-refractivity contribution in [1.29, 1.82) is 0 Å². The van der Waals surface area contributed by atoms with E-state index in [2.05, 4.69) is 4.90 Å². The van der Waals surface area contributed by atoms with Gasteiger partial charge in [-0.3, -0.25) is 0 Å². The summed E-state index contributed by atoms with van der Waals surface area (Å²) in [7, 11) is 0. The Hall–Kier alpha value is -1.61. The number of fused-ring (bicyclic) bond motifs is 1. The van der Waals surface area contributed by atoms with Crippen LogP contribution >= 0.6 is 19.8 Å². The number of aliphatic hydroxyl groups is 4. The summed E-state index contributed by atoms with van der Waals surface area (Å²) >= 11 is -1.63. The SMILES string of the molecule is OCCN(CCO)c1nc(I2CCCCC2)c2nc(N(CCO)CCO)nc(N3CCCCC3)c2n1. The molecule has 202 valence electrons. The van der Waals surface area contributed by atoms with Crippen LogP contribution in [0.4, 0.5) is 17.7 Å². The Morgan fingerprint density at radius 2 is 1.11 bits per heavy atom. The van der Waals surface area contributed by atoms with Crippen LogP contribution in [0.15, 0.2) is 0 Å². The molecule has 0 spiro atoms. The number of anilines is 3. The zero-order valence-electron chi connectivity index (χ0n) is 21.0. The Morgan fingerprint density at radius 1 is 0.611 bits per heavy atom. The van der Waals surface area contributed by atoms with Crippen LogP contribution in [0.25, 0.3) is 11.0 Å². The van der Waals surface area contributed by atoms with Crippen molar-refractivity contribution < 1.29 is 20.4 Å². The van der Waals surface area contributed by atoms with Crippen molar-refractivity contribution in [3.63, 3.8) is 0 Å². The summed E-state index contributed by atoms with van der Waals surface area (Å²) in [6.45, 7) is 2.92. The van der Waals surface area contributed by atoms with Gasteiger partial charge in [-0.25, -0.2) is 0 Å². The minimum absolute atomic E-state index is 0.0508. The molecule has 0 saturated carbocycles. The van der Waals surface area contributed by atoms with Crippen LogP contribution in [0.2, 0.25) is 0 Å². The number of halogens is 1. The van der Waals surface area contributed by atoms with Gasteiger partial charge in [-0.15, -0.1) is 0 Å². The molecule has 2 aromatic rings. The summed E-state index contributed by atoms with van der Waals surface area (Å²) in [5.41, 5.74) is 1.53. The maximum absolute atomic E-state index is 9.66. The first-order chi connectivity index (χ1) is 17.7. The molecule has 4 N–H and O–H groups in total. The molecular weight excluding hydrogens is 577 g/mol. The molecule has 0 radical (unpaired) electrons. The molecule has 0 aromatic carbocycles. The van der Waals surface area contributed by atoms with Crippen molar-refractivity contribution in [1.82, 2.24) is 19.9 Å². The van der Waals surface area contributed by atoms with E-state index in [1.54, 1.807) is 0 Å². The number of hydrogen-bond acceptors (Lipinski definition) is 11. The van der Waals surface area contributed by atoms with E-state index in [1.807, 2.05) is 9.80 Å². The summed E-state index contributed by atoms with van der Waals surface area (Å²) in [5, 5.41) is 38.6. The summed E-state index contributed by atoms with van der Waals surface area (Å²) in [6, 6.07) is 0. The molecule has 4 heterocycles. The Kier molecular flexibility index (Phi) is 10.5. The van der Waals surface area contributed by atoms with E-state index in [0.29, 0.717) is 38.1 Å². The zero-order chi connectivity index (χ0) is 25.3. The van der Waals surface area contributed by atoms with Gasteiger partial charge < -0.3 is 0 Å². The van der Waals surface area contributed by atoms with Gasteiger partial charge in [0.15, 0.2) is 0 Å². The number of rotatable bonds is 12. The predicted octanol–water partition coefficient (Wildman–Crippen LogP) is 0.852. The topological polar surface area (TPSA) is 142 Å². The molecule has 0 atom stereocenters. The molecule has 0 bridgehead atoms. The molecule has 12 heteroatoms. The molecule has 11 nitrogen and oxygen atoms in total. The fourth-order valence-electron chi connectivity index (χ4n) is 4.81. The molecule has 2 fully saturated rings. The number of alkyl halides is 2. The van der Waals surface area contributed by atoms with Crippen molar-refractivity contribution >= 4 is 48.6 Å². The van der Waals surface area contributed by atoms with Gasteiger partial charge in [0, 0.05) is 0 Å². The number of aromatic nitrogens is 4. The average molecular weight is 618 g/mol. The van der Waals surface area contributed by atoms with Crippen molar-refractivity contribution in [3.05, 3.63) is 3.70 Å². The van der Waals surface area contributed by atoms with Crippen molar-refractivity contribution in [3.8, 4) is 0 Å². The Bertz CT molecular complexity index is 884. The number of piperidine rings is 1. The molecule has 2 saturated heterocycles. The van der Waals surface area contributed by atoms with Gasteiger partial charge in [-0.05, 0) is 0 Å². The van der Waals surface area contributed by atoms with Gasteiger partial charge >= 0.3 is 220 Å². The zero-order valence-corrected chi connectivity index (χ0v) is 23.2. The van der Waals surface area contributed by atoms with Crippen LogP contribution in [0, 0.1) is 3.70 Å². The van der Waals surface area contributed by atoms with E-state index in [9.17, 15) is 20.4 Å². The van der Waals surface area contributed by atoms with Gasteiger partial charge in [0.1, 0.15) is 0 Å². The number of aliphatic hydroxyl groups excluding tert-OH is 4. The summed E-state index contributed by atoms with van der Waals surface area (Å²) in [6.07, 6.45) is 7.03. The minimum atomic E-state index is -1.63. The first-order valence-corrected chi connectivity index (χ1v) is 17.2. The first kappa shape index (κ1) is 27.4. The van der Waals surface area contributed by atoms with Gasteiger partial charge in [0.05, 0.1) is 0 Å². The van der Waals surface area contributed by atoms with E-state index in [-0.39, 0.29) is 26.4 Å². The van der Waals surface area contributed by atoms with Crippen molar-refractivity contribution in [2.24, 2.45) is 0 Å². The molecule has 0 aliphatic carbocycles. The predicted molar refractivity (Wildman–Crippen MR) is 150 cm³/mol. The molecule has 4 rings (SSSR count). The summed E-state index contributed by atoms with van der Waals surface area (Å²) in [4.78, 5) is 26.0. The van der Waals surface area contributed by atoms with Gasteiger partial charge in [-0.1, -0.05) is 0 Å². The molecule has 0 amide bonds. The quantitative estimate of drug-likeness (QED) is 0.153. The van der Waals surface area contributed by atoms with Crippen molar-refractivity contribution in [2.75, 3.05) is 89.3 Å². The molecule has 2 aliphatic rings. The van der Waals surface area contributed by atoms with E-state index >= 15 is 0 Å². The third kappa shape index (κ3) is 6.44. The second-order valence-corrected chi connectivity index (χ2v) is 15.0. The van der Waals surface area contributed by atoms with Crippen molar-refractivity contribution in [2.45, 2.75) is 38.5 Å². The van der Waals surface area contributed by atoms with Crippen LogP contribution in [-0.2, 0) is 0 Å². The van der Waals surface area contributed by atoms with E-state index < -0.39 is 19.8 Å². The van der Waals surface area contributed by atoms with Crippen LogP contribution in [0.5, 0.6) is 0 Å².